The van der Waals surface area contributed by atoms with Crippen LogP contribution in [0.5, 0.6) is 0 Å². The Labute approximate surface area is 86.0 Å². The monoisotopic (exact) mass is 213 g/mol. The summed E-state index contributed by atoms with van der Waals surface area (Å²) in [5.41, 5.74) is 0.394. The van der Waals surface area contributed by atoms with E-state index in [9.17, 15) is 10.0 Å². The summed E-state index contributed by atoms with van der Waals surface area (Å²) in [7, 11) is 1.26. The van der Waals surface area contributed by atoms with E-state index in [4.69, 9.17) is 11.6 Å². The van der Waals surface area contributed by atoms with Gasteiger partial charge in [0, 0.05) is 6.07 Å². The van der Waals surface area contributed by atoms with Crippen molar-refractivity contribution in [2.45, 2.75) is 0 Å². The summed E-state index contributed by atoms with van der Waals surface area (Å²) in [4.78, 5) is 11.1. The fourth-order valence-electron chi connectivity index (χ4n) is 0.949. The summed E-state index contributed by atoms with van der Waals surface area (Å²) in [6, 6.07) is 4.24. The van der Waals surface area contributed by atoms with Gasteiger partial charge >= 0.3 is 5.97 Å². The standard InChI is InChI=1S/C9H8ClNO3/c1-11(13)8-5-6(9(12)14-2)3-4-7(8)10/h3-5H,1H2,2H3. The molecule has 0 N–H and O–H groups in total. The van der Waals surface area contributed by atoms with Gasteiger partial charge < -0.3 is 9.94 Å². The minimum absolute atomic E-state index is 0.134. The molecule has 0 saturated heterocycles. The molecule has 1 aromatic carbocycles. The number of methoxy groups -OCH3 is 1. The highest BCUT2D eigenvalue weighted by molar-refractivity contribution is 6.32. The zero-order valence-electron chi connectivity index (χ0n) is 7.49. The lowest BCUT2D eigenvalue weighted by Gasteiger charge is -2.04. The molecule has 74 valence electrons. The second-order valence-electron chi connectivity index (χ2n) is 2.54. The molecule has 14 heavy (non-hydrogen) atoms. The normalized spacial score (nSPS) is 9.57. The van der Waals surface area contributed by atoms with Crippen LogP contribution in [0.2, 0.25) is 5.02 Å². The van der Waals surface area contributed by atoms with Gasteiger partial charge in [-0.3, -0.25) is 0 Å². The SMILES string of the molecule is C=[N+]([O-])c1cc(C(=O)OC)ccc1Cl. The third-order valence-corrected chi connectivity index (χ3v) is 1.96. The molecule has 4 nitrogen and oxygen atoms in total. The van der Waals surface area contributed by atoms with Gasteiger partial charge in [-0.15, -0.1) is 0 Å². The summed E-state index contributed by atoms with van der Waals surface area (Å²) in [5.74, 6) is -0.523. The molecule has 0 bridgehead atoms. The second-order valence-corrected chi connectivity index (χ2v) is 2.94. The second kappa shape index (κ2) is 4.11. The van der Waals surface area contributed by atoms with Crippen LogP contribution in [-0.4, -0.2) is 24.5 Å². The maximum absolute atomic E-state index is 11.1. The number of benzene rings is 1. The molecule has 0 spiro atoms. The van der Waals surface area contributed by atoms with Gasteiger partial charge in [0.1, 0.15) is 11.7 Å². The molecule has 0 aliphatic rings. The summed E-state index contributed by atoms with van der Waals surface area (Å²) >= 11 is 5.71. The minimum Gasteiger partial charge on any atom is -0.619 e. The quantitative estimate of drug-likeness (QED) is 0.248. The fraction of sp³-hybridized carbons (Fsp3) is 0.111. The van der Waals surface area contributed by atoms with Crippen LogP contribution >= 0.6 is 11.6 Å². The zero-order chi connectivity index (χ0) is 10.7. The van der Waals surface area contributed by atoms with Crippen LogP contribution in [0.4, 0.5) is 5.69 Å². The molecule has 0 heterocycles. The number of ether oxygens (including phenoxy) is 1. The van der Waals surface area contributed by atoms with Crippen molar-refractivity contribution in [2.75, 3.05) is 7.11 Å². The third kappa shape index (κ3) is 2.03. The van der Waals surface area contributed by atoms with Crippen molar-refractivity contribution in [1.29, 1.82) is 0 Å². The molecule has 0 amide bonds. The predicted molar refractivity (Wildman–Crippen MR) is 53.2 cm³/mol. The first-order chi connectivity index (χ1) is 6.56. The highest BCUT2D eigenvalue weighted by Gasteiger charge is 2.12. The molecule has 0 unspecified atom stereocenters. The van der Waals surface area contributed by atoms with Crippen molar-refractivity contribution in [3.8, 4) is 0 Å². The van der Waals surface area contributed by atoms with E-state index >= 15 is 0 Å². The highest BCUT2D eigenvalue weighted by atomic mass is 35.5. The minimum atomic E-state index is -0.523. The lowest BCUT2D eigenvalue weighted by molar-refractivity contribution is -0.349. The Bertz CT molecular complexity index is 390. The Balaban J connectivity index is 3.19. The third-order valence-electron chi connectivity index (χ3n) is 1.64. The van der Waals surface area contributed by atoms with E-state index in [2.05, 4.69) is 11.5 Å². The fourth-order valence-corrected chi connectivity index (χ4v) is 1.16. The molecule has 0 fully saturated rings. The summed E-state index contributed by atoms with van der Waals surface area (Å²) in [6.45, 7) is 3.14. The number of rotatable bonds is 2. The van der Waals surface area contributed by atoms with Crippen molar-refractivity contribution in [1.82, 2.24) is 0 Å². The molecule has 0 aromatic heterocycles. The highest BCUT2D eigenvalue weighted by Crippen LogP contribution is 2.24. The Kier molecular flexibility index (Phi) is 3.09. The average Bonchev–Trinajstić information content (AvgIpc) is 2.17. The van der Waals surface area contributed by atoms with E-state index < -0.39 is 5.97 Å². The van der Waals surface area contributed by atoms with Gasteiger partial charge in [-0.2, -0.15) is 4.74 Å². The van der Waals surface area contributed by atoms with E-state index in [-0.39, 0.29) is 16.3 Å². The lowest BCUT2D eigenvalue weighted by atomic mass is 10.2. The van der Waals surface area contributed by atoms with Crippen molar-refractivity contribution in [3.63, 3.8) is 0 Å². The number of esters is 1. The first kappa shape index (κ1) is 10.5. The zero-order valence-corrected chi connectivity index (χ0v) is 8.25. The summed E-state index contributed by atoms with van der Waals surface area (Å²) in [6.07, 6.45) is 0. The van der Waals surface area contributed by atoms with Gasteiger partial charge in [-0.25, -0.2) is 4.79 Å². The van der Waals surface area contributed by atoms with Crippen molar-refractivity contribution < 1.29 is 14.3 Å². The number of hydrogen-bond donors (Lipinski definition) is 0. The maximum atomic E-state index is 11.1. The molecular weight excluding hydrogens is 206 g/mol. The van der Waals surface area contributed by atoms with E-state index in [1.54, 1.807) is 0 Å². The van der Waals surface area contributed by atoms with Crippen LogP contribution in [0.25, 0.3) is 0 Å². The Hall–Kier alpha value is -1.55. The summed E-state index contributed by atoms with van der Waals surface area (Å²) < 4.78 is 4.83. The van der Waals surface area contributed by atoms with Crippen LogP contribution in [-0.2, 0) is 4.74 Å². The summed E-state index contributed by atoms with van der Waals surface area (Å²) in [5, 5.41) is 11.1. The smallest absolute Gasteiger partial charge is 0.338 e. The van der Waals surface area contributed by atoms with Gasteiger partial charge in [-0.1, -0.05) is 11.6 Å². The average molecular weight is 214 g/mol. The molecule has 0 atom stereocenters. The molecule has 0 saturated carbocycles. The number of carbonyl (C=O) groups is 1. The predicted octanol–water partition coefficient (Wildman–Crippen LogP) is 1.97. The van der Waals surface area contributed by atoms with Gasteiger partial charge in [0.25, 0.3) is 0 Å². The molecular formula is C9H8ClNO3. The number of carbonyl (C=O) groups excluding carboxylic acids is 1. The van der Waals surface area contributed by atoms with Crippen molar-refractivity contribution in [2.24, 2.45) is 0 Å². The van der Waals surface area contributed by atoms with Crippen LogP contribution < -0.4 is 0 Å². The molecule has 1 aromatic rings. The Morgan fingerprint density at radius 2 is 2.29 bits per heavy atom. The van der Waals surface area contributed by atoms with Gasteiger partial charge in [0.2, 0.25) is 5.69 Å². The number of nitrogens with zero attached hydrogens (tertiary/aromatic N) is 1. The van der Waals surface area contributed by atoms with Gasteiger partial charge in [-0.05, 0) is 12.1 Å². The molecule has 5 heteroatoms. The molecule has 0 aliphatic carbocycles. The van der Waals surface area contributed by atoms with Crippen molar-refractivity contribution in [3.05, 3.63) is 34.0 Å². The Morgan fingerprint density at radius 3 is 2.79 bits per heavy atom. The number of halogens is 1. The van der Waals surface area contributed by atoms with Crippen LogP contribution in [0.3, 0.4) is 0 Å². The van der Waals surface area contributed by atoms with Crippen LogP contribution in [0.15, 0.2) is 18.2 Å². The van der Waals surface area contributed by atoms with Crippen LogP contribution in [0, 0.1) is 5.21 Å². The van der Waals surface area contributed by atoms with Crippen molar-refractivity contribution >= 4 is 30.0 Å². The van der Waals surface area contributed by atoms with E-state index in [0.29, 0.717) is 4.74 Å². The van der Waals surface area contributed by atoms with Crippen LogP contribution in [0.1, 0.15) is 10.4 Å². The Morgan fingerprint density at radius 1 is 1.64 bits per heavy atom. The first-order valence-electron chi connectivity index (χ1n) is 3.72. The van der Waals surface area contributed by atoms with Gasteiger partial charge in [0.05, 0.1) is 12.7 Å². The van der Waals surface area contributed by atoms with E-state index in [1.165, 1.54) is 25.3 Å². The van der Waals surface area contributed by atoms with E-state index in [1.807, 2.05) is 0 Å². The molecule has 0 aliphatic heterocycles. The first-order valence-corrected chi connectivity index (χ1v) is 4.09. The maximum Gasteiger partial charge on any atom is 0.338 e. The lowest BCUT2D eigenvalue weighted by Crippen LogP contribution is -2.02. The topological polar surface area (TPSA) is 52.4 Å². The molecule has 1 rings (SSSR count). The largest absolute Gasteiger partial charge is 0.619 e. The van der Waals surface area contributed by atoms with E-state index in [0.717, 1.165) is 0 Å². The number of hydrogen-bond acceptors (Lipinski definition) is 3. The molecule has 0 radical (unpaired) electrons. The van der Waals surface area contributed by atoms with Gasteiger partial charge in [0.15, 0.2) is 0 Å².